The molecule has 6 heteroatoms. The Morgan fingerprint density at radius 3 is 2.78 bits per heavy atom. The summed E-state index contributed by atoms with van der Waals surface area (Å²) < 4.78 is 11.1. The van der Waals surface area contributed by atoms with Crippen LogP contribution < -0.4 is 10.6 Å². The van der Waals surface area contributed by atoms with Crippen LogP contribution in [-0.4, -0.2) is 36.5 Å². The molecule has 4 unspecified atom stereocenters. The van der Waals surface area contributed by atoms with Gasteiger partial charge in [0.2, 0.25) is 0 Å². The van der Waals surface area contributed by atoms with Gasteiger partial charge in [0.05, 0.1) is 18.2 Å². The van der Waals surface area contributed by atoms with Crippen molar-refractivity contribution in [3.05, 3.63) is 22.4 Å². The molecule has 1 aromatic rings. The standard InChI is InChI=1S/C17H28N2O3S/c1-6-21-13-10-12(19-16(20)22-17(3,4)5)15(13)18-11(2)14-8-7-9-23-14/h7-9,11-13,15,18H,6,10H2,1-5H3,(H,19,20). The van der Waals surface area contributed by atoms with Gasteiger partial charge in [0.1, 0.15) is 5.60 Å². The molecule has 1 aliphatic carbocycles. The highest BCUT2D eigenvalue weighted by Crippen LogP contribution is 2.28. The van der Waals surface area contributed by atoms with Crippen LogP contribution in [0.5, 0.6) is 0 Å². The minimum atomic E-state index is -0.486. The molecular weight excluding hydrogens is 312 g/mol. The second-order valence-corrected chi connectivity index (χ2v) is 7.89. The Morgan fingerprint density at radius 1 is 1.48 bits per heavy atom. The molecule has 1 fully saturated rings. The summed E-state index contributed by atoms with van der Waals surface area (Å²) in [6.07, 6.45) is 0.567. The Balaban J connectivity index is 1.93. The van der Waals surface area contributed by atoms with E-state index in [0.717, 1.165) is 6.42 Å². The first-order chi connectivity index (χ1) is 10.8. The van der Waals surface area contributed by atoms with Crippen LogP contribution in [-0.2, 0) is 9.47 Å². The molecular formula is C17H28N2O3S. The van der Waals surface area contributed by atoms with Crippen LogP contribution in [0.3, 0.4) is 0 Å². The van der Waals surface area contributed by atoms with E-state index in [0.29, 0.717) is 6.61 Å². The fraction of sp³-hybridized carbons (Fsp3) is 0.706. The summed E-state index contributed by atoms with van der Waals surface area (Å²) >= 11 is 1.73. The largest absolute Gasteiger partial charge is 0.444 e. The van der Waals surface area contributed by atoms with Gasteiger partial charge in [-0.1, -0.05) is 6.07 Å². The molecule has 0 radical (unpaired) electrons. The predicted octanol–water partition coefficient (Wildman–Crippen LogP) is 3.47. The molecule has 0 aliphatic heterocycles. The predicted molar refractivity (Wildman–Crippen MR) is 92.8 cm³/mol. The minimum Gasteiger partial charge on any atom is -0.444 e. The van der Waals surface area contributed by atoms with Crippen LogP contribution in [0.4, 0.5) is 4.79 Å². The molecule has 0 saturated heterocycles. The third-order valence-corrected chi connectivity index (χ3v) is 4.87. The van der Waals surface area contributed by atoms with Crippen LogP contribution in [0, 0.1) is 0 Å². The Bertz CT molecular complexity index is 498. The molecule has 5 nitrogen and oxygen atoms in total. The summed E-state index contributed by atoms with van der Waals surface area (Å²) in [5.74, 6) is 0. The highest BCUT2D eigenvalue weighted by atomic mass is 32.1. The van der Waals surface area contributed by atoms with Crippen LogP contribution in [0.2, 0.25) is 0 Å². The summed E-state index contributed by atoms with van der Waals surface area (Å²) in [5.41, 5.74) is -0.486. The lowest BCUT2D eigenvalue weighted by atomic mass is 9.82. The maximum Gasteiger partial charge on any atom is 0.407 e. The van der Waals surface area contributed by atoms with E-state index in [4.69, 9.17) is 9.47 Å². The van der Waals surface area contributed by atoms with Crippen molar-refractivity contribution in [1.82, 2.24) is 10.6 Å². The smallest absolute Gasteiger partial charge is 0.407 e. The number of rotatable bonds is 6. The first-order valence-corrected chi connectivity index (χ1v) is 9.08. The van der Waals surface area contributed by atoms with Crippen molar-refractivity contribution in [2.45, 2.75) is 70.9 Å². The Hall–Kier alpha value is -1.11. The van der Waals surface area contributed by atoms with Crippen LogP contribution in [0.1, 0.15) is 52.0 Å². The zero-order chi connectivity index (χ0) is 17.0. The van der Waals surface area contributed by atoms with Crippen molar-refractivity contribution >= 4 is 17.4 Å². The number of carbonyl (C=O) groups is 1. The molecule has 0 aromatic carbocycles. The van der Waals surface area contributed by atoms with Crippen molar-refractivity contribution in [3.8, 4) is 0 Å². The zero-order valence-corrected chi connectivity index (χ0v) is 15.4. The maximum absolute atomic E-state index is 12.0. The summed E-state index contributed by atoms with van der Waals surface area (Å²) in [4.78, 5) is 13.3. The number of ether oxygens (including phenoxy) is 2. The molecule has 1 aromatic heterocycles. The summed E-state index contributed by atoms with van der Waals surface area (Å²) in [6, 6.07) is 4.53. The van der Waals surface area contributed by atoms with E-state index in [1.807, 2.05) is 27.7 Å². The van der Waals surface area contributed by atoms with E-state index < -0.39 is 5.60 Å². The lowest BCUT2D eigenvalue weighted by Gasteiger charge is -2.46. The van der Waals surface area contributed by atoms with Crippen molar-refractivity contribution in [2.75, 3.05) is 6.61 Å². The minimum absolute atomic E-state index is 0.0313. The second kappa shape index (κ2) is 7.64. The Labute approximate surface area is 142 Å². The molecule has 0 bridgehead atoms. The number of carbonyl (C=O) groups excluding carboxylic acids is 1. The van der Waals surface area contributed by atoms with E-state index in [9.17, 15) is 4.79 Å². The monoisotopic (exact) mass is 340 g/mol. The molecule has 1 aliphatic rings. The van der Waals surface area contributed by atoms with Crippen molar-refractivity contribution in [1.29, 1.82) is 0 Å². The normalized spacial score (nSPS) is 25.5. The lowest BCUT2D eigenvalue weighted by Crippen LogP contribution is -2.66. The summed E-state index contributed by atoms with van der Waals surface area (Å²) in [7, 11) is 0. The van der Waals surface area contributed by atoms with E-state index in [2.05, 4.69) is 35.1 Å². The third kappa shape index (κ3) is 5.19. The Morgan fingerprint density at radius 2 is 2.22 bits per heavy atom. The number of nitrogens with one attached hydrogen (secondary N) is 2. The van der Waals surface area contributed by atoms with E-state index in [1.165, 1.54) is 4.88 Å². The van der Waals surface area contributed by atoms with Crippen LogP contribution >= 0.6 is 11.3 Å². The topological polar surface area (TPSA) is 59.6 Å². The number of alkyl carbamates (subject to hydrolysis) is 1. The molecule has 1 amide bonds. The van der Waals surface area contributed by atoms with Gasteiger partial charge in [0.15, 0.2) is 0 Å². The van der Waals surface area contributed by atoms with Gasteiger partial charge in [-0.2, -0.15) is 0 Å². The van der Waals surface area contributed by atoms with Gasteiger partial charge in [-0.15, -0.1) is 11.3 Å². The molecule has 4 atom stereocenters. The van der Waals surface area contributed by atoms with Crippen LogP contribution in [0.15, 0.2) is 17.5 Å². The zero-order valence-electron chi connectivity index (χ0n) is 14.6. The maximum atomic E-state index is 12.0. The molecule has 23 heavy (non-hydrogen) atoms. The van der Waals surface area contributed by atoms with Gasteiger partial charge in [-0.3, -0.25) is 0 Å². The Kier molecular flexibility index (Phi) is 6.06. The van der Waals surface area contributed by atoms with Gasteiger partial charge < -0.3 is 20.1 Å². The fourth-order valence-corrected chi connectivity index (χ4v) is 3.48. The van der Waals surface area contributed by atoms with E-state index in [1.54, 1.807) is 11.3 Å². The number of thiophene rings is 1. The summed E-state index contributed by atoms with van der Waals surface area (Å²) in [6.45, 7) is 10.4. The van der Waals surface area contributed by atoms with E-state index in [-0.39, 0.29) is 30.3 Å². The quantitative estimate of drug-likeness (QED) is 0.832. The van der Waals surface area contributed by atoms with Crippen molar-refractivity contribution in [2.24, 2.45) is 0 Å². The summed E-state index contributed by atoms with van der Waals surface area (Å²) in [5, 5.41) is 8.62. The molecule has 1 heterocycles. The van der Waals surface area contributed by atoms with Crippen LogP contribution in [0.25, 0.3) is 0 Å². The highest BCUT2D eigenvalue weighted by Gasteiger charge is 2.43. The first-order valence-electron chi connectivity index (χ1n) is 8.20. The molecule has 2 N–H and O–H groups in total. The average molecular weight is 340 g/mol. The first kappa shape index (κ1) is 18.2. The number of amides is 1. The van der Waals surface area contributed by atoms with Gasteiger partial charge in [-0.25, -0.2) is 4.79 Å². The SMILES string of the molecule is CCOC1CC(NC(=O)OC(C)(C)C)C1NC(C)c1cccs1. The van der Waals surface area contributed by atoms with Gasteiger partial charge in [-0.05, 0) is 52.5 Å². The molecule has 1 saturated carbocycles. The highest BCUT2D eigenvalue weighted by molar-refractivity contribution is 7.10. The molecule has 130 valence electrons. The third-order valence-electron chi connectivity index (χ3n) is 3.82. The number of hydrogen-bond donors (Lipinski definition) is 2. The average Bonchev–Trinajstić information content (AvgIpc) is 2.95. The van der Waals surface area contributed by atoms with Gasteiger partial charge in [0.25, 0.3) is 0 Å². The van der Waals surface area contributed by atoms with Gasteiger partial charge >= 0.3 is 6.09 Å². The molecule has 2 rings (SSSR count). The lowest BCUT2D eigenvalue weighted by molar-refractivity contribution is -0.0461. The van der Waals surface area contributed by atoms with Crippen molar-refractivity contribution in [3.63, 3.8) is 0 Å². The van der Waals surface area contributed by atoms with Crippen molar-refractivity contribution < 1.29 is 14.3 Å². The second-order valence-electron chi connectivity index (χ2n) is 6.91. The molecule has 0 spiro atoms. The van der Waals surface area contributed by atoms with E-state index >= 15 is 0 Å². The fourth-order valence-electron chi connectivity index (χ4n) is 2.73. The number of hydrogen-bond acceptors (Lipinski definition) is 5. The van der Waals surface area contributed by atoms with Gasteiger partial charge in [0, 0.05) is 17.5 Å².